The maximum Gasteiger partial charge on any atom is 0.326 e. The lowest BCUT2D eigenvalue weighted by atomic mass is 10.1. The van der Waals surface area contributed by atoms with E-state index < -0.39 is 60.6 Å². The highest BCUT2D eigenvalue weighted by molar-refractivity contribution is 5.85. The zero-order valence-electron chi connectivity index (χ0n) is 14.3. The van der Waals surface area contributed by atoms with E-state index in [0.29, 0.717) is 0 Å². The average Bonchev–Trinajstić information content (AvgIpc) is 2.54. The molecule has 0 bridgehead atoms. The van der Waals surface area contributed by atoms with Gasteiger partial charge in [-0.05, 0) is 12.8 Å². The first-order valence-corrected chi connectivity index (χ1v) is 7.59. The van der Waals surface area contributed by atoms with Crippen molar-refractivity contribution in [3.8, 4) is 0 Å². The maximum atomic E-state index is 11.1. The van der Waals surface area contributed by atoms with E-state index in [9.17, 15) is 28.8 Å². The van der Waals surface area contributed by atoms with Crippen molar-refractivity contribution in [2.45, 2.75) is 50.6 Å². The molecule has 0 aromatic rings. The number of carboxylic acid groups (broad SMARTS) is 4. The number of aliphatic carboxylic acids is 4. The smallest absolute Gasteiger partial charge is 0.326 e. The molecule has 0 heterocycles. The molecule has 27 heavy (non-hydrogen) atoms. The number of carboxylic acids is 4. The molecular formula is C14H23N3O10. The summed E-state index contributed by atoms with van der Waals surface area (Å²) in [7, 11) is 0. The van der Waals surface area contributed by atoms with E-state index in [-0.39, 0.29) is 25.7 Å². The fourth-order valence-electron chi connectivity index (χ4n) is 1.43. The van der Waals surface area contributed by atoms with Gasteiger partial charge in [-0.25, -0.2) is 4.79 Å². The Hall–Kier alpha value is -3.22. The van der Waals surface area contributed by atoms with Crippen LogP contribution < -0.4 is 16.8 Å². The van der Waals surface area contributed by atoms with E-state index in [1.54, 1.807) is 0 Å². The molecule has 154 valence electrons. The Bertz CT molecular complexity index is 563. The molecule has 0 saturated carbocycles. The zero-order valence-corrected chi connectivity index (χ0v) is 14.3. The topological polar surface area (TPSA) is 247 Å². The van der Waals surface area contributed by atoms with Gasteiger partial charge >= 0.3 is 23.9 Å². The van der Waals surface area contributed by atoms with Gasteiger partial charge in [-0.3, -0.25) is 24.0 Å². The lowest BCUT2D eigenvalue weighted by molar-refractivity contribution is -0.143. The Kier molecular flexibility index (Phi) is 13.5. The van der Waals surface area contributed by atoms with Crippen LogP contribution in [0.25, 0.3) is 0 Å². The first-order valence-electron chi connectivity index (χ1n) is 7.59. The number of amides is 2. The molecule has 0 aliphatic heterocycles. The number of rotatable bonds is 12. The molecule has 0 aromatic carbocycles. The molecular weight excluding hydrogens is 370 g/mol. The van der Waals surface area contributed by atoms with Crippen LogP contribution in [0.5, 0.6) is 0 Å². The second-order valence-electron chi connectivity index (χ2n) is 5.23. The SMILES string of the molecule is NC(=O)CC[C@H](N)C(=O)O.O=C(O)CCC(=O)N[C@@H](CCC(=O)O)C(=O)O. The molecule has 2 amide bonds. The number of carbonyl (C=O) groups is 6. The molecule has 0 unspecified atom stereocenters. The molecule has 2 atom stereocenters. The van der Waals surface area contributed by atoms with Gasteiger partial charge < -0.3 is 37.2 Å². The van der Waals surface area contributed by atoms with Gasteiger partial charge in [0.15, 0.2) is 0 Å². The summed E-state index contributed by atoms with van der Waals surface area (Å²) in [5.74, 6) is -6.06. The summed E-state index contributed by atoms with van der Waals surface area (Å²) < 4.78 is 0. The number of primary amides is 1. The Morgan fingerprint density at radius 3 is 1.63 bits per heavy atom. The largest absolute Gasteiger partial charge is 0.481 e. The predicted octanol–water partition coefficient (Wildman–Crippen LogP) is -2.05. The fourth-order valence-corrected chi connectivity index (χ4v) is 1.43. The normalized spacial score (nSPS) is 11.9. The molecule has 0 radical (unpaired) electrons. The Labute approximate surface area is 153 Å². The summed E-state index contributed by atoms with van der Waals surface area (Å²) in [5, 5.41) is 35.6. The molecule has 13 nitrogen and oxygen atoms in total. The van der Waals surface area contributed by atoms with Gasteiger partial charge in [-0.15, -0.1) is 0 Å². The molecule has 9 N–H and O–H groups in total. The predicted molar refractivity (Wildman–Crippen MR) is 87.3 cm³/mol. The van der Waals surface area contributed by atoms with E-state index in [0.717, 1.165) is 0 Å². The van der Waals surface area contributed by atoms with Crippen LogP contribution in [0.3, 0.4) is 0 Å². The minimum atomic E-state index is -1.35. The van der Waals surface area contributed by atoms with Crippen molar-refractivity contribution < 1.29 is 49.2 Å². The van der Waals surface area contributed by atoms with Crippen LogP contribution in [0.1, 0.15) is 38.5 Å². The van der Waals surface area contributed by atoms with Crippen molar-refractivity contribution in [2.75, 3.05) is 0 Å². The monoisotopic (exact) mass is 393 g/mol. The van der Waals surface area contributed by atoms with Crippen molar-refractivity contribution in [3.05, 3.63) is 0 Å². The van der Waals surface area contributed by atoms with Gasteiger partial charge in [0, 0.05) is 19.3 Å². The highest BCUT2D eigenvalue weighted by Gasteiger charge is 2.21. The average molecular weight is 393 g/mol. The highest BCUT2D eigenvalue weighted by atomic mass is 16.4. The fraction of sp³-hybridized carbons (Fsp3) is 0.571. The summed E-state index contributed by atoms with van der Waals surface area (Å²) in [4.78, 5) is 62.3. The lowest BCUT2D eigenvalue weighted by Crippen LogP contribution is -2.41. The summed E-state index contributed by atoms with van der Waals surface area (Å²) in [6.07, 6.45) is -1.26. The first kappa shape index (κ1) is 26.0. The second-order valence-corrected chi connectivity index (χ2v) is 5.23. The van der Waals surface area contributed by atoms with Gasteiger partial charge in [0.2, 0.25) is 11.8 Å². The van der Waals surface area contributed by atoms with Crippen LogP contribution in [-0.2, 0) is 28.8 Å². The van der Waals surface area contributed by atoms with E-state index in [2.05, 4.69) is 5.32 Å². The van der Waals surface area contributed by atoms with Crippen LogP contribution in [0.15, 0.2) is 0 Å². The van der Waals surface area contributed by atoms with Gasteiger partial charge in [0.05, 0.1) is 6.42 Å². The molecule has 0 spiro atoms. The van der Waals surface area contributed by atoms with Crippen LogP contribution in [0.2, 0.25) is 0 Å². The van der Waals surface area contributed by atoms with Crippen LogP contribution >= 0.6 is 0 Å². The molecule has 0 rings (SSSR count). The third-order valence-electron chi connectivity index (χ3n) is 2.87. The van der Waals surface area contributed by atoms with E-state index in [1.165, 1.54) is 0 Å². The standard InChI is InChI=1S/C9H13NO7.C5H10N2O3/c11-6(2-4-8(14)15)10-5(9(16)17)1-3-7(12)13;6-3(5(9)10)1-2-4(7)8/h5H,1-4H2,(H,10,11)(H,12,13)(H,14,15)(H,16,17);3H,1-2,6H2,(H2,7,8)(H,9,10)/t5-;3-/m00/s1. The zero-order chi connectivity index (χ0) is 21.6. The minimum Gasteiger partial charge on any atom is -0.481 e. The van der Waals surface area contributed by atoms with E-state index in [4.69, 9.17) is 31.9 Å². The second kappa shape index (κ2) is 14.0. The van der Waals surface area contributed by atoms with Crippen molar-refractivity contribution >= 4 is 35.7 Å². The summed E-state index contributed by atoms with van der Waals surface area (Å²) in [6.45, 7) is 0. The maximum absolute atomic E-state index is 11.1. The van der Waals surface area contributed by atoms with Crippen LogP contribution in [0.4, 0.5) is 0 Å². The number of carbonyl (C=O) groups excluding carboxylic acids is 2. The molecule has 0 aromatic heterocycles. The van der Waals surface area contributed by atoms with Gasteiger partial charge in [0.1, 0.15) is 12.1 Å². The molecule has 0 aliphatic carbocycles. The Morgan fingerprint density at radius 2 is 1.26 bits per heavy atom. The number of nitrogens with two attached hydrogens (primary N) is 2. The summed E-state index contributed by atoms with van der Waals surface area (Å²) >= 11 is 0. The lowest BCUT2D eigenvalue weighted by Gasteiger charge is -2.12. The molecule has 13 heteroatoms. The Balaban J connectivity index is 0. The van der Waals surface area contributed by atoms with Crippen LogP contribution in [0, 0.1) is 0 Å². The third kappa shape index (κ3) is 17.4. The van der Waals surface area contributed by atoms with Crippen molar-refractivity contribution in [2.24, 2.45) is 11.5 Å². The highest BCUT2D eigenvalue weighted by Crippen LogP contribution is 2.00. The third-order valence-corrected chi connectivity index (χ3v) is 2.87. The number of hydrogen-bond donors (Lipinski definition) is 7. The van der Waals surface area contributed by atoms with Crippen molar-refractivity contribution in [3.63, 3.8) is 0 Å². The molecule has 0 aliphatic rings. The van der Waals surface area contributed by atoms with Gasteiger partial charge in [-0.1, -0.05) is 0 Å². The van der Waals surface area contributed by atoms with Crippen molar-refractivity contribution in [1.82, 2.24) is 5.32 Å². The number of hydrogen-bond acceptors (Lipinski definition) is 7. The summed E-state index contributed by atoms with van der Waals surface area (Å²) in [5.41, 5.74) is 9.81. The molecule has 0 saturated heterocycles. The van der Waals surface area contributed by atoms with E-state index >= 15 is 0 Å². The number of nitrogens with one attached hydrogen (secondary N) is 1. The minimum absolute atomic E-state index is 0.0213. The van der Waals surface area contributed by atoms with Gasteiger partial charge in [-0.2, -0.15) is 0 Å². The Morgan fingerprint density at radius 1 is 0.741 bits per heavy atom. The quantitative estimate of drug-likeness (QED) is 0.190. The molecule has 0 fully saturated rings. The van der Waals surface area contributed by atoms with Crippen molar-refractivity contribution in [1.29, 1.82) is 0 Å². The van der Waals surface area contributed by atoms with Gasteiger partial charge in [0.25, 0.3) is 0 Å². The van der Waals surface area contributed by atoms with E-state index in [1.807, 2.05) is 0 Å². The first-order chi connectivity index (χ1) is 12.4. The van der Waals surface area contributed by atoms with Crippen LogP contribution in [-0.4, -0.2) is 68.2 Å². The summed E-state index contributed by atoms with van der Waals surface area (Å²) in [6, 6.07) is -2.29.